The van der Waals surface area contributed by atoms with E-state index in [0.29, 0.717) is 0 Å². The zero-order valence-electron chi connectivity index (χ0n) is 8.69. The van der Waals surface area contributed by atoms with Gasteiger partial charge in [-0.25, -0.2) is 0 Å². The fourth-order valence-corrected chi connectivity index (χ4v) is 2.20. The lowest BCUT2D eigenvalue weighted by Gasteiger charge is -2.20. The predicted octanol–water partition coefficient (Wildman–Crippen LogP) is 2.35. The molecule has 1 atom stereocenters. The van der Waals surface area contributed by atoms with E-state index in [-0.39, 0.29) is 6.04 Å². The third-order valence-corrected chi connectivity index (χ3v) is 3.37. The molecule has 0 aliphatic carbocycles. The Morgan fingerprint density at radius 3 is 3.13 bits per heavy atom. The maximum absolute atomic E-state index is 10.8. The molecular weight excluding hydrogens is 208 g/mol. The van der Waals surface area contributed by atoms with Gasteiger partial charge in [-0.2, -0.15) is 0 Å². The molecule has 0 aromatic carbocycles. The lowest BCUT2D eigenvalue weighted by Crippen LogP contribution is -2.21. The van der Waals surface area contributed by atoms with E-state index in [1.54, 1.807) is 0 Å². The van der Waals surface area contributed by atoms with Crippen LogP contribution >= 0.6 is 12.2 Å². The fourth-order valence-electron chi connectivity index (χ4n) is 2.09. The number of aromatic amines is 1. The first-order chi connectivity index (χ1) is 7.22. The first-order valence-corrected chi connectivity index (χ1v) is 5.53. The Morgan fingerprint density at radius 1 is 1.67 bits per heavy atom. The summed E-state index contributed by atoms with van der Waals surface area (Å²) in [5, 5.41) is 0. The van der Waals surface area contributed by atoms with Gasteiger partial charge in [0.1, 0.15) is 4.64 Å². The molecule has 0 unspecified atom stereocenters. The third kappa shape index (κ3) is 1.95. The Labute approximate surface area is 94.1 Å². The zero-order valence-corrected chi connectivity index (χ0v) is 9.51. The van der Waals surface area contributed by atoms with Crippen LogP contribution in [0.2, 0.25) is 0 Å². The van der Waals surface area contributed by atoms with Gasteiger partial charge in [0.05, 0.1) is 6.04 Å². The van der Waals surface area contributed by atoms with Gasteiger partial charge in [0.2, 0.25) is 6.41 Å². The van der Waals surface area contributed by atoms with E-state index in [1.807, 2.05) is 18.0 Å². The summed E-state index contributed by atoms with van der Waals surface area (Å²) < 4.78 is 0.773. The quantitative estimate of drug-likeness (QED) is 0.616. The van der Waals surface area contributed by atoms with Crippen LogP contribution in [-0.4, -0.2) is 22.8 Å². The summed E-state index contributed by atoms with van der Waals surface area (Å²) in [5.74, 6) is 0. The van der Waals surface area contributed by atoms with E-state index in [2.05, 4.69) is 11.1 Å². The summed E-state index contributed by atoms with van der Waals surface area (Å²) in [5.41, 5.74) is 2.23. The number of nitrogens with zero attached hydrogens (tertiary/aromatic N) is 1. The van der Waals surface area contributed by atoms with E-state index >= 15 is 0 Å². The molecule has 4 heteroatoms. The molecule has 1 aliphatic rings. The molecule has 1 amide bonds. The van der Waals surface area contributed by atoms with Gasteiger partial charge >= 0.3 is 0 Å². The van der Waals surface area contributed by atoms with Gasteiger partial charge in [-0.3, -0.25) is 4.79 Å². The van der Waals surface area contributed by atoms with Gasteiger partial charge in [0.15, 0.2) is 0 Å². The fraction of sp³-hybridized carbons (Fsp3) is 0.455. The normalized spacial score (nSPS) is 20.6. The van der Waals surface area contributed by atoms with Gasteiger partial charge in [-0.05, 0) is 37.0 Å². The second-order valence-electron chi connectivity index (χ2n) is 3.95. The smallest absolute Gasteiger partial charge is 0.210 e. The van der Waals surface area contributed by atoms with Crippen LogP contribution in [0.5, 0.6) is 0 Å². The van der Waals surface area contributed by atoms with Gasteiger partial charge < -0.3 is 9.88 Å². The second-order valence-corrected chi connectivity index (χ2v) is 4.35. The Bertz CT molecular complexity index is 427. The van der Waals surface area contributed by atoms with Crippen molar-refractivity contribution in [1.82, 2.24) is 9.88 Å². The standard InChI is InChI=1S/C11H14N2OS/c1-8-5-9(6-12-11(8)15)10-3-2-4-13(10)7-14/h5-7,10H,2-4H2,1H3,(H,12,15)/t10-/m1/s1. The van der Waals surface area contributed by atoms with E-state index in [9.17, 15) is 4.79 Å². The minimum absolute atomic E-state index is 0.230. The minimum Gasteiger partial charge on any atom is -0.352 e. The molecule has 1 aromatic heterocycles. The van der Waals surface area contributed by atoms with Crippen LogP contribution in [0.1, 0.15) is 30.0 Å². The van der Waals surface area contributed by atoms with E-state index < -0.39 is 0 Å². The lowest BCUT2D eigenvalue weighted by molar-refractivity contribution is -0.118. The molecule has 1 fully saturated rings. The van der Waals surface area contributed by atoms with E-state index in [0.717, 1.165) is 41.6 Å². The van der Waals surface area contributed by atoms with Crippen molar-refractivity contribution in [2.45, 2.75) is 25.8 Å². The third-order valence-electron chi connectivity index (χ3n) is 2.93. The molecule has 0 saturated carbocycles. The number of pyridine rings is 1. The van der Waals surface area contributed by atoms with Crippen molar-refractivity contribution in [3.8, 4) is 0 Å². The molecule has 1 N–H and O–H groups in total. The number of likely N-dealkylation sites (tertiary alicyclic amines) is 1. The van der Waals surface area contributed by atoms with Crippen molar-refractivity contribution in [1.29, 1.82) is 0 Å². The number of nitrogens with one attached hydrogen (secondary N) is 1. The topological polar surface area (TPSA) is 36.1 Å². The Kier molecular flexibility index (Phi) is 2.86. The van der Waals surface area contributed by atoms with E-state index in [1.165, 1.54) is 0 Å². The number of aryl methyl sites for hydroxylation is 1. The molecule has 2 rings (SSSR count). The monoisotopic (exact) mass is 222 g/mol. The number of rotatable bonds is 2. The number of hydrogen-bond acceptors (Lipinski definition) is 2. The second kappa shape index (κ2) is 4.14. The van der Waals surface area contributed by atoms with Gasteiger partial charge in [-0.1, -0.05) is 12.2 Å². The van der Waals surface area contributed by atoms with Crippen molar-refractivity contribution in [3.05, 3.63) is 28.0 Å². The summed E-state index contributed by atoms with van der Waals surface area (Å²) in [6.45, 7) is 2.85. The highest BCUT2D eigenvalue weighted by atomic mass is 32.1. The SMILES string of the molecule is Cc1cc([C@H]2CCCN2C=O)c[nH]c1=S. The van der Waals surface area contributed by atoms with Crippen molar-refractivity contribution < 1.29 is 4.79 Å². The first kappa shape index (κ1) is 10.4. The molecule has 0 spiro atoms. The van der Waals surface area contributed by atoms with Crippen molar-refractivity contribution >= 4 is 18.6 Å². The van der Waals surface area contributed by atoms with Crippen LogP contribution < -0.4 is 0 Å². The molecule has 1 saturated heterocycles. The summed E-state index contributed by atoms with van der Waals surface area (Å²) in [4.78, 5) is 15.8. The summed E-state index contributed by atoms with van der Waals surface area (Å²) in [6.07, 6.45) is 4.98. The molecule has 0 bridgehead atoms. The van der Waals surface area contributed by atoms with E-state index in [4.69, 9.17) is 12.2 Å². The zero-order chi connectivity index (χ0) is 10.8. The Hall–Kier alpha value is -1.16. The average Bonchev–Trinajstić information content (AvgIpc) is 2.70. The van der Waals surface area contributed by atoms with Crippen LogP contribution in [0.3, 0.4) is 0 Å². The Morgan fingerprint density at radius 2 is 2.47 bits per heavy atom. The van der Waals surface area contributed by atoms with Gasteiger partial charge in [0.25, 0.3) is 0 Å². The summed E-state index contributed by atoms with van der Waals surface area (Å²) >= 11 is 5.11. The number of H-pyrrole nitrogens is 1. The summed E-state index contributed by atoms with van der Waals surface area (Å²) in [6, 6.07) is 2.30. The van der Waals surface area contributed by atoms with Crippen LogP contribution in [0.25, 0.3) is 0 Å². The number of amides is 1. The van der Waals surface area contributed by atoms with Gasteiger partial charge in [0, 0.05) is 12.7 Å². The van der Waals surface area contributed by atoms with Crippen LogP contribution in [-0.2, 0) is 4.79 Å². The van der Waals surface area contributed by atoms with Crippen LogP contribution in [0, 0.1) is 11.6 Å². The Balaban J connectivity index is 2.32. The number of carbonyl (C=O) groups is 1. The number of carbonyl (C=O) groups excluding carboxylic acids is 1. The van der Waals surface area contributed by atoms with Crippen molar-refractivity contribution in [2.75, 3.05) is 6.54 Å². The number of aromatic nitrogens is 1. The molecule has 80 valence electrons. The molecule has 1 aliphatic heterocycles. The molecule has 2 heterocycles. The molecular formula is C11H14N2OS. The largest absolute Gasteiger partial charge is 0.352 e. The molecule has 15 heavy (non-hydrogen) atoms. The van der Waals surface area contributed by atoms with Crippen molar-refractivity contribution in [3.63, 3.8) is 0 Å². The van der Waals surface area contributed by atoms with Crippen molar-refractivity contribution in [2.24, 2.45) is 0 Å². The maximum Gasteiger partial charge on any atom is 0.210 e. The molecule has 0 radical (unpaired) electrons. The predicted molar refractivity (Wildman–Crippen MR) is 61.1 cm³/mol. The highest BCUT2D eigenvalue weighted by molar-refractivity contribution is 7.71. The molecule has 3 nitrogen and oxygen atoms in total. The lowest BCUT2D eigenvalue weighted by atomic mass is 10.1. The molecule has 1 aromatic rings. The maximum atomic E-state index is 10.8. The summed E-state index contributed by atoms with van der Waals surface area (Å²) in [7, 11) is 0. The first-order valence-electron chi connectivity index (χ1n) is 5.12. The van der Waals surface area contributed by atoms with Crippen LogP contribution in [0.4, 0.5) is 0 Å². The average molecular weight is 222 g/mol. The van der Waals surface area contributed by atoms with Crippen LogP contribution in [0.15, 0.2) is 12.3 Å². The van der Waals surface area contributed by atoms with Gasteiger partial charge in [-0.15, -0.1) is 0 Å². The number of hydrogen-bond donors (Lipinski definition) is 1. The minimum atomic E-state index is 0.230. The highest BCUT2D eigenvalue weighted by Crippen LogP contribution is 2.30. The highest BCUT2D eigenvalue weighted by Gasteiger charge is 2.24.